The van der Waals surface area contributed by atoms with E-state index in [-0.39, 0.29) is 6.04 Å². The molecule has 0 saturated heterocycles. The average Bonchev–Trinajstić information content (AvgIpc) is 2.40. The zero-order valence-corrected chi connectivity index (χ0v) is 10.9. The van der Waals surface area contributed by atoms with Crippen LogP contribution in [0.5, 0.6) is 0 Å². The molecule has 18 heavy (non-hydrogen) atoms. The van der Waals surface area contributed by atoms with Crippen LogP contribution in [0.1, 0.15) is 28.3 Å². The molecule has 1 atom stereocenters. The van der Waals surface area contributed by atoms with Crippen LogP contribution in [0.15, 0.2) is 42.7 Å². The highest BCUT2D eigenvalue weighted by Gasteiger charge is 2.13. The van der Waals surface area contributed by atoms with Gasteiger partial charge in [0.2, 0.25) is 0 Å². The summed E-state index contributed by atoms with van der Waals surface area (Å²) in [4.78, 5) is 4.14. The Hall–Kier alpha value is -1.71. The number of pyridine rings is 1. The maximum absolute atomic E-state index is 5.70. The van der Waals surface area contributed by atoms with Crippen LogP contribution in [0.2, 0.25) is 0 Å². The highest BCUT2D eigenvalue weighted by molar-refractivity contribution is 5.34. The lowest BCUT2D eigenvalue weighted by molar-refractivity contribution is 0.548. The molecule has 1 heterocycles. The molecule has 1 aromatic heterocycles. The molecule has 3 nitrogen and oxygen atoms in total. The van der Waals surface area contributed by atoms with Crippen LogP contribution in [0.3, 0.4) is 0 Å². The van der Waals surface area contributed by atoms with Crippen LogP contribution in [-0.2, 0) is 6.42 Å². The Morgan fingerprint density at radius 3 is 2.78 bits per heavy atom. The van der Waals surface area contributed by atoms with Gasteiger partial charge in [0.05, 0.1) is 6.04 Å². The number of benzene rings is 1. The summed E-state index contributed by atoms with van der Waals surface area (Å²) < 4.78 is 0. The zero-order valence-electron chi connectivity index (χ0n) is 10.9. The molecule has 0 fully saturated rings. The first-order valence-electron chi connectivity index (χ1n) is 6.13. The Kier molecular flexibility index (Phi) is 4.07. The summed E-state index contributed by atoms with van der Waals surface area (Å²) in [5.41, 5.74) is 7.85. The van der Waals surface area contributed by atoms with E-state index in [1.54, 1.807) is 6.20 Å². The number of aromatic nitrogens is 1. The highest BCUT2D eigenvalue weighted by atomic mass is 15.2. The van der Waals surface area contributed by atoms with Gasteiger partial charge in [0.15, 0.2) is 0 Å². The van der Waals surface area contributed by atoms with Crippen LogP contribution in [-0.4, -0.2) is 4.98 Å². The van der Waals surface area contributed by atoms with E-state index in [4.69, 9.17) is 5.84 Å². The van der Waals surface area contributed by atoms with Crippen molar-refractivity contribution < 1.29 is 0 Å². The molecule has 0 saturated carbocycles. The van der Waals surface area contributed by atoms with Gasteiger partial charge in [-0.1, -0.05) is 29.8 Å². The second-order valence-electron chi connectivity index (χ2n) is 4.64. The van der Waals surface area contributed by atoms with Crippen LogP contribution in [0, 0.1) is 13.8 Å². The summed E-state index contributed by atoms with van der Waals surface area (Å²) in [6.07, 6.45) is 4.51. The number of nitrogens with one attached hydrogen (secondary N) is 1. The predicted octanol–water partition coefficient (Wildman–Crippen LogP) is 2.45. The topological polar surface area (TPSA) is 50.9 Å². The number of hydrogen-bond acceptors (Lipinski definition) is 3. The minimum atomic E-state index is 0.120. The molecule has 1 aromatic carbocycles. The maximum Gasteiger partial charge on any atom is 0.0503 e. The minimum absolute atomic E-state index is 0.120. The Balaban J connectivity index is 2.26. The lowest BCUT2D eigenvalue weighted by Crippen LogP contribution is -2.30. The second-order valence-corrected chi connectivity index (χ2v) is 4.64. The summed E-state index contributed by atoms with van der Waals surface area (Å²) in [5.74, 6) is 5.70. The fraction of sp³-hybridized carbons (Fsp3) is 0.267. The second kappa shape index (κ2) is 5.76. The third-order valence-electron chi connectivity index (χ3n) is 3.17. The van der Waals surface area contributed by atoms with Crippen molar-refractivity contribution in [1.82, 2.24) is 10.4 Å². The van der Waals surface area contributed by atoms with Crippen LogP contribution in [0.4, 0.5) is 0 Å². The summed E-state index contributed by atoms with van der Waals surface area (Å²) in [6, 6.07) is 10.6. The van der Waals surface area contributed by atoms with Crippen molar-refractivity contribution in [3.8, 4) is 0 Å². The Bertz CT molecular complexity index is 508. The van der Waals surface area contributed by atoms with E-state index in [1.165, 1.54) is 22.3 Å². The molecule has 1 unspecified atom stereocenters. The van der Waals surface area contributed by atoms with Gasteiger partial charge in [-0.2, -0.15) is 0 Å². The molecule has 3 N–H and O–H groups in total. The van der Waals surface area contributed by atoms with E-state index in [1.807, 2.05) is 12.3 Å². The Labute approximate surface area is 108 Å². The Morgan fingerprint density at radius 2 is 2.11 bits per heavy atom. The predicted molar refractivity (Wildman–Crippen MR) is 73.9 cm³/mol. The standard InChI is InChI=1S/C15H19N3/c1-11-5-6-12(2)14(8-11)15(18-16)9-13-4-3-7-17-10-13/h3-8,10,15,18H,9,16H2,1-2H3. The van der Waals surface area contributed by atoms with Gasteiger partial charge < -0.3 is 0 Å². The molecule has 0 spiro atoms. The van der Waals surface area contributed by atoms with Crippen molar-refractivity contribution >= 4 is 0 Å². The SMILES string of the molecule is Cc1ccc(C)c(C(Cc2cccnc2)NN)c1. The van der Waals surface area contributed by atoms with Crippen molar-refractivity contribution in [3.63, 3.8) is 0 Å². The molecule has 0 bridgehead atoms. The first-order valence-corrected chi connectivity index (χ1v) is 6.13. The van der Waals surface area contributed by atoms with E-state index in [0.29, 0.717) is 0 Å². The van der Waals surface area contributed by atoms with Crippen molar-refractivity contribution in [3.05, 3.63) is 65.0 Å². The van der Waals surface area contributed by atoms with E-state index >= 15 is 0 Å². The van der Waals surface area contributed by atoms with Crippen molar-refractivity contribution in [2.75, 3.05) is 0 Å². The van der Waals surface area contributed by atoms with Crippen LogP contribution >= 0.6 is 0 Å². The number of aryl methyl sites for hydroxylation is 2. The summed E-state index contributed by atoms with van der Waals surface area (Å²) in [7, 11) is 0. The van der Waals surface area contributed by atoms with Gasteiger partial charge in [-0.05, 0) is 43.0 Å². The van der Waals surface area contributed by atoms with Gasteiger partial charge in [0.1, 0.15) is 0 Å². The molecule has 2 rings (SSSR count). The van der Waals surface area contributed by atoms with Gasteiger partial charge in [-0.3, -0.25) is 16.3 Å². The lowest BCUT2D eigenvalue weighted by Gasteiger charge is -2.19. The quantitative estimate of drug-likeness (QED) is 0.638. The monoisotopic (exact) mass is 241 g/mol. The van der Waals surface area contributed by atoms with Crippen LogP contribution in [0.25, 0.3) is 0 Å². The molecule has 0 aliphatic heterocycles. The van der Waals surface area contributed by atoms with Crippen molar-refractivity contribution in [1.29, 1.82) is 0 Å². The van der Waals surface area contributed by atoms with Gasteiger partial charge in [-0.15, -0.1) is 0 Å². The smallest absolute Gasteiger partial charge is 0.0503 e. The number of hydrazine groups is 1. The molecule has 2 aromatic rings. The van der Waals surface area contributed by atoms with Gasteiger partial charge >= 0.3 is 0 Å². The minimum Gasteiger partial charge on any atom is -0.271 e. The number of nitrogens with two attached hydrogens (primary N) is 1. The van der Waals surface area contributed by atoms with E-state index in [0.717, 1.165) is 6.42 Å². The first kappa shape index (κ1) is 12.7. The number of rotatable bonds is 4. The summed E-state index contributed by atoms with van der Waals surface area (Å²) >= 11 is 0. The van der Waals surface area contributed by atoms with E-state index in [9.17, 15) is 0 Å². The summed E-state index contributed by atoms with van der Waals surface area (Å²) in [5, 5.41) is 0. The molecule has 0 amide bonds. The fourth-order valence-corrected chi connectivity index (χ4v) is 2.15. The number of hydrogen-bond donors (Lipinski definition) is 2. The van der Waals surface area contributed by atoms with Gasteiger partial charge in [-0.25, -0.2) is 0 Å². The van der Waals surface area contributed by atoms with Gasteiger partial charge in [0, 0.05) is 12.4 Å². The highest BCUT2D eigenvalue weighted by Crippen LogP contribution is 2.22. The molecule has 94 valence electrons. The molecular formula is C15H19N3. The zero-order chi connectivity index (χ0) is 13.0. The van der Waals surface area contributed by atoms with Crippen molar-refractivity contribution in [2.45, 2.75) is 26.3 Å². The van der Waals surface area contributed by atoms with Gasteiger partial charge in [0.25, 0.3) is 0 Å². The van der Waals surface area contributed by atoms with E-state index in [2.05, 4.69) is 48.5 Å². The van der Waals surface area contributed by atoms with Crippen LogP contribution < -0.4 is 11.3 Å². The molecule has 3 heteroatoms. The maximum atomic E-state index is 5.70. The van der Waals surface area contributed by atoms with E-state index < -0.39 is 0 Å². The third-order valence-corrected chi connectivity index (χ3v) is 3.17. The lowest BCUT2D eigenvalue weighted by atomic mass is 9.95. The largest absolute Gasteiger partial charge is 0.271 e. The Morgan fingerprint density at radius 1 is 1.28 bits per heavy atom. The molecule has 0 aliphatic carbocycles. The molecule has 0 aliphatic rings. The first-order chi connectivity index (χ1) is 8.70. The number of nitrogens with zero attached hydrogens (tertiary/aromatic N) is 1. The third kappa shape index (κ3) is 2.94. The van der Waals surface area contributed by atoms with Crippen molar-refractivity contribution in [2.24, 2.45) is 5.84 Å². The normalized spacial score (nSPS) is 12.4. The molecule has 0 radical (unpaired) electrons. The molecular weight excluding hydrogens is 222 g/mol. The average molecular weight is 241 g/mol. The fourth-order valence-electron chi connectivity index (χ4n) is 2.15. The summed E-state index contributed by atoms with van der Waals surface area (Å²) in [6.45, 7) is 4.21.